The second-order valence-corrected chi connectivity index (χ2v) is 5.75. The Balaban J connectivity index is 2.59. The molecule has 0 aliphatic heterocycles. The van der Waals surface area contributed by atoms with Crippen molar-refractivity contribution in [2.75, 3.05) is 0 Å². The van der Waals surface area contributed by atoms with Crippen molar-refractivity contribution >= 4 is 0 Å². The van der Waals surface area contributed by atoms with Crippen LogP contribution >= 0.6 is 0 Å². The molecule has 0 amide bonds. The highest BCUT2D eigenvalue weighted by molar-refractivity contribution is 5.42. The molecule has 0 spiro atoms. The predicted molar refractivity (Wildman–Crippen MR) is 76.2 cm³/mol. The Hall–Kier alpha value is -1.18. The molecule has 0 fully saturated rings. The lowest BCUT2D eigenvalue weighted by Gasteiger charge is -2.26. The van der Waals surface area contributed by atoms with Gasteiger partial charge in [-0.05, 0) is 30.0 Å². The molecule has 0 atom stereocenters. The van der Waals surface area contributed by atoms with Crippen molar-refractivity contribution < 1.29 is 10.2 Å². The van der Waals surface area contributed by atoms with Crippen molar-refractivity contribution in [3.63, 3.8) is 0 Å². The normalized spacial score (nSPS) is 11.7. The molecule has 0 saturated heterocycles. The van der Waals surface area contributed by atoms with E-state index in [9.17, 15) is 10.2 Å². The minimum Gasteiger partial charge on any atom is -0.508 e. The predicted octanol–water partition coefficient (Wildman–Crippen LogP) is 4.74. The molecule has 2 heteroatoms. The first kappa shape index (κ1) is 14.9. The average Bonchev–Trinajstić information content (AvgIpc) is 2.32. The summed E-state index contributed by atoms with van der Waals surface area (Å²) in [6, 6.07) is 4.78. The lowest BCUT2D eigenvalue weighted by Crippen LogP contribution is -2.17. The third-order valence-electron chi connectivity index (χ3n) is 3.61. The SMILES string of the molecule is CCCCCCCC(C)(C)c1cc(O)ccc1O. The fourth-order valence-corrected chi connectivity index (χ4v) is 2.37. The van der Waals surface area contributed by atoms with E-state index >= 15 is 0 Å². The number of benzene rings is 1. The molecule has 0 unspecified atom stereocenters. The monoisotopic (exact) mass is 250 g/mol. The van der Waals surface area contributed by atoms with E-state index in [-0.39, 0.29) is 16.9 Å². The maximum Gasteiger partial charge on any atom is 0.119 e. The van der Waals surface area contributed by atoms with Crippen LogP contribution in [-0.4, -0.2) is 10.2 Å². The quantitative estimate of drug-likeness (QED) is 0.542. The summed E-state index contributed by atoms with van der Waals surface area (Å²) in [7, 11) is 0. The fraction of sp³-hybridized carbons (Fsp3) is 0.625. The van der Waals surface area contributed by atoms with E-state index in [1.165, 1.54) is 38.2 Å². The molecule has 1 aromatic carbocycles. The van der Waals surface area contributed by atoms with E-state index in [4.69, 9.17) is 0 Å². The molecule has 0 aliphatic carbocycles. The van der Waals surface area contributed by atoms with Crippen molar-refractivity contribution in [1.82, 2.24) is 0 Å². The van der Waals surface area contributed by atoms with Gasteiger partial charge >= 0.3 is 0 Å². The van der Waals surface area contributed by atoms with E-state index in [1.807, 2.05) is 0 Å². The van der Waals surface area contributed by atoms with Crippen LogP contribution in [0.1, 0.15) is 64.9 Å². The second kappa shape index (κ2) is 6.67. The summed E-state index contributed by atoms with van der Waals surface area (Å²) in [5.74, 6) is 0.508. The van der Waals surface area contributed by atoms with Crippen molar-refractivity contribution in [1.29, 1.82) is 0 Å². The minimum absolute atomic E-state index is 0.0883. The summed E-state index contributed by atoms with van der Waals surface area (Å²) in [5, 5.41) is 19.4. The van der Waals surface area contributed by atoms with Gasteiger partial charge in [0, 0.05) is 5.56 Å². The lowest BCUT2D eigenvalue weighted by molar-refractivity contribution is 0.399. The number of hydrogen-bond acceptors (Lipinski definition) is 2. The minimum atomic E-state index is -0.0883. The highest BCUT2D eigenvalue weighted by atomic mass is 16.3. The maximum absolute atomic E-state index is 9.90. The van der Waals surface area contributed by atoms with Gasteiger partial charge in [0.2, 0.25) is 0 Å². The number of hydrogen-bond donors (Lipinski definition) is 2. The third-order valence-corrected chi connectivity index (χ3v) is 3.61. The summed E-state index contributed by atoms with van der Waals surface area (Å²) in [4.78, 5) is 0. The highest BCUT2D eigenvalue weighted by Crippen LogP contribution is 2.37. The maximum atomic E-state index is 9.90. The zero-order valence-electron chi connectivity index (χ0n) is 11.9. The van der Waals surface area contributed by atoms with Gasteiger partial charge in [0.1, 0.15) is 11.5 Å². The Labute approximate surface area is 111 Å². The molecule has 18 heavy (non-hydrogen) atoms. The molecule has 2 nitrogen and oxygen atoms in total. The Morgan fingerprint density at radius 2 is 1.67 bits per heavy atom. The topological polar surface area (TPSA) is 40.5 Å². The van der Waals surface area contributed by atoms with Gasteiger partial charge in [0.25, 0.3) is 0 Å². The largest absolute Gasteiger partial charge is 0.508 e. The first-order valence-electron chi connectivity index (χ1n) is 7.00. The highest BCUT2D eigenvalue weighted by Gasteiger charge is 2.23. The molecule has 0 aliphatic rings. The van der Waals surface area contributed by atoms with Crippen molar-refractivity contribution in [3.8, 4) is 11.5 Å². The number of rotatable bonds is 7. The molecule has 2 N–H and O–H groups in total. The first-order chi connectivity index (χ1) is 8.47. The van der Waals surface area contributed by atoms with Crippen molar-refractivity contribution in [3.05, 3.63) is 23.8 Å². The van der Waals surface area contributed by atoms with Gasteiger partial charge in [-0.1, -0.05) is 52.9 Å². The van der Waals surface area contributed by atoms with Crippen LogP contribution in [0.5, 0.6) is 11.5 Å². The van der Waals surface area contributed by atoms with Crippen LogP contribution < -0.4 is 0 Å². The standard InChI is InChI=1S/C16H26O2/c1-4-5-6-7-8-11-16(2,3)14-12-13(17)9-10-15(14)18/h9-10,12,17-18H,4-8,11H2,1-3H3. The van der Waals surface area contributed by atoms with Crippen molar-refractivity contribution in [2.45, 2.75) is 64.7 Å². The van der Waals surface area contributed by atoms with Crippen LogP contribution in [-0.2, 0) is 5.41 Å². The van der Waals surface area contributed by atoms with Crippen LogP contribution in [0.2, 0.25) is 0 Å². The van der Waals surface area contributed by atoms with E-state index in [0.29, 0.717) is 0 Å². The third kappa shape index (κ3) is 4.25. The average molecular weight is 250 g/mol. The van der Waals surface area contributed by atoms with Gasteiger partial charge in [-0.3, -0.25) is 0 Å². The Morgan fingerprint density at radius 1 is 1.00 bits per heavy atom. The number of phenols is 2. The van der Waals surface area contributed by atoms with E-state index in [1.54, 1.807) is 12.1 Å². The number of phenolic OH excluding ortho intramolecular Hbond substituents is 2. The van der Waals surface area contributed by atoms with Gasteiger partial charge in [0.15, 0.2) is 0 Å². The molecule has 0 saturated carbocycles. The van der Waals surface area contributed by atoms with Crippen LogP contribution in [0, 0.1) is 0 Å². The van der Waals surface area contributed by atoms with Gasteiger partial charge in [-0.15, -0.1) is 0 Å². The molecule has 0 radical (unpaired) electrons. The van der Waals surface area contributed by atoms with Crippen LogP contribution in [0.4, 0.5) is 0 Å². The molecule has 0 bridgehead atoms. The van der Waals surface area contributed by atoms with E-state index in [2.05, 4.69) is 20.8 Å². The molecule has 1 aromatic rings. The summed E-state index contributed by atoms with van der Waals surface area (Å²) >= 11 is 0. The number of unbranched alkanes of at least 4 members (excludes halogenated alkanes) is 4. The summed E-state index contributed by atoms with van der Waals surface area (Å²) in [5.41, 5.74) is 0.757. The Kier molecular flexibility index (Phi) is 5.52. The molecule has 102 valence electrons. The smallest absolute Gasteiger partial charge is 0.119 e. The molecular formula is C16H26O2. The summed E-state index contributed by atoms with van der Waals surface area (Å²) in [6.07, 6.45) is 7.31. The Bertz CT molecular complexity index is 369. The zero-order chi connectivity index (χ0) is 13.6. The van der Waals surface area contributed by atoms with Crippen molar-refractivity contribution in [2.24, 2.45) is 0 Å². The molecule has 1 rings (SSSR count). The molecular weight excluding hydrogens is 224 g/mol. The van der Waals surface area contributed by atoms with Gasteiger partial charge in [-0.2, -0.15) is 0 Å². The second-order valence-electron chi connectivity index (χ2n) is 5.75. The molecule has 0 aromatic heterocycles. The first-order valence-corrected chi connectivity index (χ1v) is 7.00. The number of aromatic hydroxyl groups is 2. The summed E-state index contributed by atoms with van der Waals surface area (Å²) in [6.45, 7) is 6.47. The van der Waals surface area contributed by atoms with Crippen LogP contribution in [0.25, 0.3) is 0 Å². The van der Waals surface area contributed by atoms with Crippen LogP contribution in [0.3, 0.4) is 0 Å². The van der Waals surface area contributed by atoms with Gasteiger partial charge < -0.3 is 10.2 Å². The fourth-order valence-electron chi connectivity index (χ4n) is 2.37. The van der Waals surface area contributed by atoms with E-state index < -0.39 is 0 Å². The molecule has 0 heterocycles. The van der Waals surface area contributed by atoms with Gasteiger partial charge in [-0.25, -0.2) is 0 Å². The van der Waals surface area contributed by atoms with E-state index in [0.717, 1.165) is 12.0 Å². The van der Waals surface area contributed by atoms with Crippen LogP contribution in [0.15, 0.2) is 18.2 Å². The lowest BCUT2D eigenvalue weighted by atomic mass is 9.79. The summed E-state index contributed by atoms with van der Waals surface area (Å²) < 4.78 is 0. The Morgan fingerprint density at radius 3 is 2.33 bits per heavy atom. The van der Waals surface area contributed by atoms with Gasteiger partial charge in [0.05, 0.1) is 0 Å². The zero-order valence-corrected chi connectivity index (χ0v) is 11.9.